The van der Waals surface area contributed by atoms with E-state index in [-0.39, 0.29) is 6.42 Å². The maximum absolute atomic E-state index is 10.6. The van der Waals surface area contributed by atoms with E-state index in [0.717, 1.165) is 30.9 Å². The minimum atomic E-state index is -0.803. The van der Waals surface area contributed by atoms with Crippen molar-refractivity contribution in [3.63, 3.8) is 0 Å². The summed E-state index contributed by atoms with van der Waals surface area (Å²) in [7, 11) is 0. The van der Waals surface area contributed by atoms with Crippen LogP contribution in [0.3, 0.4) is 0 Å². The number of aryl methyl sites for hydroxylation is 1. The van der Waals surface area contributed by atoms with Gasteiger partial charge in [0.15, 0.2) is 0 Å². The Labute approximate surface area is 83.6 Å². The molecule has 0 atom stereocenters. The molecule has 0 saturated carbocycles. The highest BCUT2D eigenvalue weighted by Crippen LogP contribution is 2.08. The molecule has 1 heterocycles. The lowest BCUT2D eigenvalue weighted by molar-refractivity contribution is -0.136. The standard InChI is InChI=1S/C10H16N2O2/c1-3-5-9-11-7-8(6-10(13)14)12(9)4-2/h7H,3-6H2,1-2H3,(H,13,14). The van der Waals surface area contributed by atoms with Crippen LogP contribution in [-0.4, -0.2) is 20.6 Å². The van der Waals surface area contributed by atoms with E-state index in [9.17, 15) is 4.79 Å². The number of hydrogen-bond acceptors (Lipinski definition) is 2. The molecule has 0 radical (unpaired) electrons. The summed E-state index contributed by atoms with van der Waals surface area (Å²) in [6.07, 6.45) is 3.67. The number of nitrogens with zero attached hydrogens (tertiary/aromatic N) is 2. The molecule has 0 saturated heterocycles. The maximum Gasteiger partial charge on any atom is 0.309 e. The molecule has 1 aromatic heterocycles. The van der Waals surface area contributed by atoms with Crippen molar-refractivity contribution in [2.24, 2.45) is 0 Å². The number of carbonyl (C=O) groups is 1. The highest BCUT2D eigenvalue weighted by atomic mass is 16.4. The third-order valence-corrected chi connectivity index (χ3v) is 2.14. The van der Waals surface area contributed by atoms with E-state index >= 15 is 0 Å². The number of carboxylic acids is 1. The number of aliphatic carboxylic acids is 1. The summed E-state index contributed by atoms with van der Waals surface area (Å²) >= 11 is 0. The van der Waals surface area contributed by atoms with E-state index in [1.165, 1.54) is 0 Å². The fraction of sp³-hybridized carbons (Fsp3) is 0.600. The monoisotopic (exact) mass is 196 g/mol. The van der Waals surface area contributed by atoms with Crippen LogP contribution in [0.2, 0.25) is 0 Å². The van der Waals surface area contributed by atoms with Gasteiger partial charge in [-0.15, -0.1) is 0 Å². The van der Waals surface area contributed by atoms with E-state index in [1.807, 2.05) is 11.5 Å². The van der Waals surface area contributed by atoms with Gasteiger partial charge in [-0.1, -0.05) is 6.92 Å². The SMILES string of the molecule is CCCc1ncc(CC(=O)O)n1CC. The van der Waals surface area contributed by atoms with E-state index in [2.05, 4.69) is 11.9 Å². The first-order chi connectivity index (χ1) is 6.69. The molecule has 0 aromatic carbocycles. The molecule has 0 spiro atoms. The second kappa shape index (κ2) is 4.79. The Morgan fingerprint density at radius 2 is 2.29 bits per heavy atom. The van der Waals surface area contributed by atoms with Crippen molar-refractivity contribution >= 4 is 5.97 Å². The van der Waals surface area contributed by atoms with Crippen molar-refractivity contribution in [3.05, 3.63) is 17.7 Å². The van der Waals surface area contributed by atoms with Gasteiger partial charge in [0.1, 0.15) is 5.82 Å². The molecule has 0 aliphatic heterocycles. The molecule has 0 aliphatic rings. The van der Waals surface area contributed by atoms with Gasteiger partial charge in [0.25, 0.3) is 0 Å². The molecule has 4 nitrogen and oxygen atoms in total. The summed E-state index contributed by atoms with van der Waals surface area (Å²) in [5.74, 6) is 0.189. The Kier molecular flexibility index (Phi) is 3.68. The first-order valence-electron chi connectivity index (χ1n) is 4.94. The highest BCUT2D eigenvalue weighted by molar-refractivity contribution is 5.69. The van der Waals surface area contributed by atoms with Crippen LogP contribution in [0.25, 0.3) is 0 Å². The summed E-state index contributed by atoms with van der Waals surface area (Å²) in [6, 6.07) is 0. The van der Waals surface area contributed by atoms with E-state index in [4.69, 9.17) is 5.11 Å². The molecule has 1 N–H and O–H groups in total. The van der Waals surface area contributed by atoms with Crippen molar-refractivity contribution in [2.75, 3.05) is 0 Å². The molecule has 0 bridgehead atoms. The Morgan fingerprint density at radius 3 is 2.79 bits per heavy atom. The number of hydrogen-bond donors (Lipinski definition) is 1. The lowest BCUT2D eigenvalue weighted by Crippen LogP contribution is -2.09. The van der Waals surface area contributed by atoms with Gasteiger partial charge in [0, 0.05) is 24.9 Å². The fourth-order valence-corrected chi connectivity index (χ4v) is 1.56. The normalized spacial score (nSPS) is 10.4. The van der Waals surface area contributed by atoms with Crippen LogP contribution >= 0.6 is 0 Å². The Balaban J connectivity index is 2.88. The van der Waals surface area contributed by atoms with Gasteiger partial charge in [0.05, 0.1) is 6.42 Å². The Hall–Kier alpha value is -1.32. The second-order valence-electron chi connectivity index (χ2n) is 3.23. The third-order valence-electron chi connectivity index (χ3n) is 2.14. The first kappa shape index (κ1) is 10.8. The van der Waals surface area contributed by atoms with Crippen LogP contribution in [-0.2, 0) is 24.2 Å². The van der Waals surface area contributed by atoms with Crippen LogP contribution in [0.5, 0.6) is 0 Å². The van der Waals surface area contributed by atoms with Crippen molar-refractivity contribution in [1.82, 2.24) is 9.55 Å². The summed E-state index contributed by atoms with van der Waals surface area (Å²) in [5.41, 5.74) is 0.795. The van der Waals surface area contributed by atoms with Crippen molar-refractivity contribution in [2.45, 2.75) is 39.7 Å². The van der Waals surface area contributed by atoms with Crippen LogP contribution in [0.1, 0.15) is 31.8 Å². The quantitative estimate of drug-likeness (QED) is 0.776. The molecule has 14 heavy (non-hydrogen) atoms. The summed E-state index contributed by atoms with van der Waals surface area (Å²) in [6.45, 7) is 4.88. The number of rotatable bonds is 5. The van der Waals surface area contributed by atoms with Crippen molar-refractivity contribution in [1.29, 1.82) is 0 Å². The van der Waals surface area contributed by atoms with Gasteiger partial charge < -0.3 is 9.67 Å². The van der Waals surface area contributed by atoms with E-state index in [1.54, 1.807) is 6.20 Å². The predicted octanol–water partition coefficient (Wildman–Crippen LogP) is 1.48. The van der Waals surface area contributed by atoms with Gasteiger partial charge in [-0.2, -0.15) is 0 Å². The molecule has 4 heteroatoms. The number of aromatic nitrogens is 2. The largest absolute Gasteiger partial charge is 0.481 e. The molecular formula is C10H16N2O2. The maximum atomic E-state index is 10.6. The first-order valence-corrected chi connectivity index (χ1v) is 4.94. The van der Waals surface area contributed by atoms with Crippen molar-refractivity contribution < 1.29 is 9.90 Å². The lowest BCUT2D eigenvalue weighted by Gasteiger charge is -2.06. The molecule has 78 valence electrons. The van der Waals surface area contributed by atoms with Crippen LogP contribution in [0.15, 0.2) is 6.20 Å². The highest BCUT2D eigenvalue weighted by Gasteiger charge is 2.10. The Bertz CT molecular complexity index is 318. The summed E-state index contributed by atoms with van der Waals surface area (Å²) in [5, 5.41) is 8.68. The zero-order valence-electron chi connectivity index (χ0n) is 8.66. The summed E-state index contributed by atoms with van der Waals surface area (Å²) < 4.78 is 1.98. The predicted molar refractivity (Wildman–Crippen MR) is 53.2 cm³/mol. The zero-order valence-corrected chi connectivity index (χ0v) is 8.66. The van der Waals surface area contributed by atoms with Gasteiger partial charge in [-0.25, -0.2) is 4.98 Å². The van der Waals surface area contributed by atoms with Gasteiger partial charge in [-0.05, 0) is 13.3 Å². The number of carboxylic acid groups (broad SMARTS) is 1. The average Bonchev–Trinajstić information content (AvgIpc) is 2.47. The van der Waals surface area contributed by atoms with Crippen molar-refractivity contribution in [3.8, 4) is 0 Å². The minimum absolute atomic E-state index is 0.0601. The molecule has 0 unspecified atom stereocenters. The second-order valence-corrected chi connectivity index (χ2v) is 3.23. The zero-order chi connectivity index (χ0) is 10.6. The van der Waals surface area contributed by atoms with E-state index < -0.39 is 5.97 Å². The molecule has 0 fully saturated rings. The molecular weight excluding hydrogens is 180 g/mol. The van der Waals surface area contributed by atoms with Crippen LogP contribution in [0, 0.1) is 0 Å². The topological polar surface area (TPSA) is 55.1 Å². The van der Waals surface area contributed by atoms with Gasteiger partial charge in [-0.3, -0.25) is 4.79 Å². The Morgan fingerprint density at radius 1 is 1.57 bits per heavy atom. The van der Waals surface area contributed by atoms with Crippen LogP contribution in [0.4, 0.5) is 0 Å². The molecule has 0 aliphatic carbocycles. The molecule has 0 amide bonds. The molecule has 1 aromatic rings. The van der Waals surface area contributed by atoms with E-state index in [0.29, 0.717) is 0 Å². The third kappa shape index (κ3) is 2.34. The van der Waals surface area contributed by atoms with Gasteiger partial charge >= 0.3 is 5.97 Å². The molecule has 1 rings (SSSR count). The number of imidazole rings is 1. The minimum Gasteiger partial charge on any atom is -0.481 e. The summed E-state index contributed by atoms with van der Waals surface area (Å²) in [4.78, 5) is 14.8. The fourth-order valence-electron chi connectivity index (χ4n) is 1.56. The lowest BCUT2D eigenvalue weighted by atomic mass is 10.3. The van der Waals surface area contributed by atoms with Crippen LogP contribution < -0.4 is 0 Å². The smallest absolute Gasteiger partial charge is 0.309 e. The van der Waals surface area contributed by atoms with Gasteiger partial charge in [0.2, 0.25) is 0 Å². The average molecular weight is 196 g/mol.